The number of hydrogen-bond acceptors (Lipinski definition) is 3. The topological polar surface area (TPSA) is 75.3 Å². The molecule has 1 aliphatic carbocycles. The van der Waals surface area contributed by atoms with Crippen LogP contribution in [0, 0.1) is 0 Å². The van der Waals surface area contributed by atoms with Crippen molar-refractivity contribution < 1.29 is 13.2 Å². The van der Waals surface area contributed by atoms with Crippen LogP contribution >= 0.6 is 0 Å². The van der Waals surface area contributed by atoms with E-state index in [2.05, 4.69) is 17.0 Å². The summed E-state index contributed by atoms with van der Waals surface area (Å²) in [6.07, 6.45) is 6.18. The Morgan fingerprint density at radius 3 is 2.48 bits per heavy atom. The number of hydrogen-bond donors (Lipinski definition) is 2. The molecule has 0 saturated heterocycles. The number of rotatable bonds is 10. The van der Waals surface area contributed by atoms with Crippen molar-refractivity contribution in [2.24, 2.45) is 0 Å². The average Bonchev–Trinajstić information content (AvgIpc) is 3.33. The third-order valence-electron chi connectivity index (χ3n) is 3.88. The van der Waals surface area contributed by atoms with Gasteiger partial charge in [0.15, 0.2) is 0 Å². The van der Waals surface area contributed by atoms with E-state index in [1.54, 1.807) is 24.3 Å². The molecule has 0 atom stereocenters. The lowest BCUT2D eigenvalue weighted by atomic mass is 10.1. The SMILES string of the molecule is CCCCCNC(=O)CCc1ccc(S(=O)(=O)NC2CC2)cc1. The van der Waals surface area contributed by atoms with E-state index in [1.807, 2.05) is 0 Å². The molecule has 1 saturated carbocycles. The highest BCUT2D eigenvalue weighted by molar-refractivity contribution is 7.89. The summed E-state index contributed by atoms with van der Waals surface area (Å²) in [7, 11) is -3.39. The Morgan fingerprint density at radius 2 is 1.87 bits per heavy atom. The molecule has 1 aromatic rings. The summed E-state index contributed by atoms with van der Waals surface area (Å²) in [6.45, 7) is 2.86. The summed E-state index contributed by atoms with van der Waals surface area (Å²) in [5, 5.41) is 2.91. The molecule has 1 aliphatic rings. The fourth-order valence-electron chi connectivity index (χ4n) is 2.27. The molecule has 0 bridgehead atoms. The molecule has 5 nitrogen and oxygen atoms in total. The standard InChI is InChI=1S/C17H26N2O3S/c1-2-3-4-13-18-17(20)12-7-14-5-10-16(11-6-14)23(21,22)19-15-8-9-15/h5-6,10-11,15,19H,2-4,7-9,12-13H2,1H3,(H,18,20). The van der Waals surface area contributed by atoms with E-state index in [0.29, 0.717) is 12.8 Å². The minimum atomic E-state index is -3.39. The van der Waals surface area contributed by atoms with Crippen molar-refractivity contribution >= 4 is 15.9 Å². The minimum Gasteiger partial charge on any atom is -0.356 e. The highest BCUT2D eigenvalue weighted by atomic mass is 32.2. The number of carbonyl (C=O) groups excluding carboxylic acids is 1. The van der Waals surface area contributed by atoms with E-state index in [1.165, 1.54) is 0 Å². The Hall–Kier alpha value is -1.40. The second-order valence-electron chi connectivity index (χ2n) is 6.10. The summed E-state index contributed by atoms with van der Waals surface area (Å²) in [5.74, 6) is 0.0493. The average molecular weight is 338 g/mol. The number of unbranched alkanes of at least 4 members (excludes halogenated alkanes) is 2. The molecule has 0 unspecified atom stereocenters. The highest BCUT2D eigenvalue weighted by Gasteiger charge is 2.27. The van der Waals surface area contributed by atoms with Crippen molar-refractivity contribution in [3.05, 3.63) is 29.8 Å². The molecule has 23 heavy (non-hydrogen) atoms. The van der Waals surface area contributed by atoms with Gasteiger partial charge in [-0.1, -0.05) is 31.9 Å². The number of aryl methyl sites for hydroxylation is 1. The normalized spacial score (nSPS) is 14.7. The lowest BCUT2D eigenvalue weighted by Gasteiger charge is -2.07. The quantitative estimate of drug-likeness (QED) is 0.643. The van der Waals surface area contributed by atoms with E-state index in [9.17, 15) is 13.2 Å². The van der Waals surface area contributed by atoms with Crippen molar-refractivity contribution in [1.29, 1.82) is 0 Å². The van der Waals surface area contributed by atoms with Crippen LogP contribution in [0.3, 0.4) is 0 Å². The van der Waals surface area contributed by atoms with E-state index >= 15 is 0 Å². The molecule has 1 amide bonds. The third kappa shape index (κ3) is 6.31. The number of carbonyl (C=O) groups is 1. The van der Waals surface area contributed by atoms with Crippen molar-refractivity contribution in [3.63, 3.8) is 0 Å². The largest absolute Gasteiger partial charge is 0.356 e. The Kier molecular flexibility index (Phi) is 6.59. The minimum absolute atomic E-state index is 0.0493. The second kappa shape index (κ2) is 8.45. The molecule has 0 aromatic heterocycles. The number of amides is 1. The Labute approximate surface area is 138 Å². The fourth-order valence-corrected chi connectivity index (χ4v) is 3.58. The molecule has 0 heterocycles. The molecule has 1 aromatic carbocycles. The van der Waals surface area contributed by atoms with Crippen LogP contribution in [0.4, 0.5) is 0 Å². The van der Waals surface area contributed by atoms with Gasteiger partial charge in [0.2, 0.25) is 15.9 Å². The Morgan fingerprint density at radius 1 is 1.17 bits per heavy atom. The summed E-state index contributed by atoms with van der Waals surface area (Å²) in [6, 6.07) is 6.90. The van der Waals surface area contributed by atoms with Gasteiger partial charge in [-0.15, -0.1) is 0 Å². The Bertz CT molecular complexity index is 607. The third-order valence-corrected chi connectivity index (χ3v) is 5.41. The molecule has 128 valence electrons. The fraction of sp³-hybridized carbons (Fsp3) is 0.588. The first-order chi connectivity index (χ1) is 11.0. The molecule has 2 N–H and O–H groups in total. The lowest BCUT2D eigenvalue weighted by Crippen LogP contribution is -2.25. The van der Waals surface area contributed by atoms with Crippen LogP contribution in [0.1, 0.15) is 51.0 Å². The van der Waals surface area contributed by atoms with Crippen LogP contribution < -0.4 is 10.0 Å². The van der Waals surface area contributed by atoms with E-state index in [4.69, 9.17) is 0 Å². The molecular weight excluding hydrogens is 312 g/mol. The number of benzene rings is 1. The maximum absolute atomic E-state index is 12.1. The lowest BCUT2D eigenvalue weighted by molar-refractivity contribution is -0.121. The van der Waals surface area contributed by atoms with Gasteiger partial charge in [0, 0.05) is 19.0 Å². The maximum atomic E-state index is 12.1. The monoisotopic (exact) mass is 338 g/mol. The molecule has 0 aliphatic heterocycles. The van der Waals surface area contributed by atoms with Gasteiger partial charge in [-0.25, -0.2) is 13.1 Å². The molecule has 0 radical (unpaired) electrons. The first kappa shape index (κ1) is 17.9. The summed E-state index contributed by atoms with van der Waals surface area (Å²) in [4.78, 5) is 12.0. The molecule has 6 heteroatoms. The van der Waals surface area contributed by atoms with Crippen LogP contribution in [0.2, 0.25) is 0 Å². The Balaban J connectivity index is 1.77. The van der Waals surface area contributed by atoms with Gasteiger partial charge in [0.25, 0.3) is 0 Å². The van der Waals surface area contributed by atoms with Gasteiger partial charge < -0.3 is 5.32 Å². The van der Waals surface area contributed by atoms with Gasteiger partial charge in [-0.2, -0.15) is 0 Å². The van der Waals surface area contributed by atoms with Gasteiger partial charge in [-0.05, 0) is 43.4 Å². The first-order valence-corrected chi connectivity index (χ1v) is 9.87. The van der Waals surface area contributed by atoms with Crippen molar-refractivity contribution in [2.75, 3.05) is 6.54 Å². The summed E-state index contributed by atoms with van der Waals surface area (Å²) >= 11 is 0. The number of sulfonamides is 1. The van der Waals surface area contributed by atoms with Crippen molar-refractivity contribution in [2.45, 2.75) is 62.8 Å². The smallest absolute Gasteiger partial charge is 0.240 e. The van der Waals surface area contributed by atoms with Crippen molar-refractivity contribution in [1.82, 2.24) is 10.0 Å². The van der Waals surface area contributed by atoms with Gasteiger partial charge in [0.1, 0.15) is 0 Å². The first-order valence-electron chi connectivity index (χ1n) is 8.39. The predicted molar refractivity (Wildman–Crippen MR) is 90.6 cm³/mol. The van der Waals surface area contributed by atoms with E-state index in [-0.39, 0.29) is 16.8 Å². The highest BCUT2D eigenvalue weighted by Crippen LogP contribution is 2.22. The maximum Gasteiger partial charge on any atom is 0.240 e. The van der Waals surface area contributed by atoms with Crippen LogP contribution in [-0.4, -0.2) is 26.9 Å². The zero-order valence-electron chi connectivity index (χ0n) is 13.7. The van der Waals surface area contributed by atoms with Gasteiger partial charge in [-0.3, -0.25) is 4.79 Å². The molecule has 1 fully saturated rings. The van der Waals surface area contributed by atoms with Crippen LogP contribution in [0.25, 0.3) is 0 Å². The zero-order chi connectivity index (χ0) is 16.7. The van der Waals surface area contributed by atoms with E-state index in [0.717, 1.165) is 44.2 Å². The molecule has 2 rings (SSSR count). The van der Waals surface area contributed by atoms with Gasteiger partial charge in [0.05, 0.1) is 4.90 Å². The molecular formula is C17H26N2O3S. The number of nitrogens with one attached hydrogen (secondary N) is 2. The predicted octanol–water partition coefficient (Wildman–Crippen LogP) is 2.37. The zero-order valence-corrected chi connectivity index (χ0v) is 14.5. The summed E-state index contributed by atoms with van der Waals surface area (Å²) in [5.41, 5.74) is 0.971. The second-order valence-corrected chi connectivity index (χ2v) is 7.81. The summed E-state index contributed by atoms with van der Waals surface area (Å²) < 4.78 is 26.8. The van der Waals surface area contributed by atoms with Crippen LogP contribution in [0.5, 0.6) is 0 Å². The van der Waals surface area contributed by atoms with Crippen LogP contribution in [-0.2, 0) is 21.2 Å². The molecule has 0 spiro atoms. The van der Waals surface area contributed by atoms with E-state index < -0.39 is 10.0 Å². The van der Waals surface area contributed by atoms with Crippen molar-refractivity contribution in [3.8, 4) is 0 Å². The van der Waals surface area contributed by atoms with Crippen LogP contribution in [0.15, 0.2) is 29.2 Å². The van der Waals surface area contributed by atoms with Gasteiger partial charge >= 0.3 is 0 Å².